The summed E-state index contributed by atoms with van der Waals surface area (Å²) in [5.74, 6) is 1.15. The van der Waals surface area contributed by atoms with E-state index in [0.29, 0.717) is 19.7 Å². The van der Waals surface area contributed by atoms with Crippen LogP contribution in [0.3, 0.4) is 0 Å². The van der Waals surface area contributed by atoms with Gasteiger partial charge in [0.2, 0.25) is 5.91 Å². The van der Waals surface area contributed by atoms with Gasteiger partial charge < -0.3 is 14.4 Å². The lowest BCUT2D eigenvalue weighted by atomic mass is 9.84. The van der Waals surface area contributed by atoms with Crippen LogP contribution in [0.1, 0.15) is 31.2 Å². The van der Waals surface area contributed by atoms with Gasteiger partial charge in [-0.1, -0.05) is 6.42 Å². The molecule has 1 unspecified atom stereocenters. The molecule has 0 aromatic heterocycles. The zero-order chi connectivity index (χ0) is 16.7. The minimum absolute atomic E-state index is 0.0124. The number of hydrogen-bond donors (Lipinski definition) is 0. The Bertz CT molecular complexity index is 671. The number of cyclic esters (lactones) is 1. The molecule has 6 heteroatoms. The Labute approximate surface area is 141 Å². The van der Waals surface area contributed by atoms with E-state index in [1.54, 1.807) is 12.0 Å². The summed E-state index contributed by atoms with van der Waals surface area (Å²) in [4.78, 5) is 28.6. The van der Waals surface area contributed by atoms with Crippen LogP contribution in [0.4, 0.5) is 10.5 Å². The third-order valence-electron chi connectivity index (χ3n) is 5.37. The van der Waals surface area contributed by atoms with Gasteiger partial charge in [0.15, 0.2) is 0 Å². The second-order valence-corrected chi connectivity index (χ2v) is 6.77. The molecule has 3 aliphatic rings. The zero-order valence-electron chi connectivity index (χ0n) is 13.9. The molecule has 4 rings (SSSR count). The fourth-order valence-electron chi connectivity index (χ4n) is 3.71. The monoisotopic (exact) mass is 330 g/mol. The highest BCUT2D eigenvalue weighted by Crippen LogP contribution is 2.35. The quantitative estimate of drug-likeness (QED) is 0.836. The fourth-order valence-corrected chi connectivity index (χ4v) is 3.71. The molecule has 1 saturated heterocycles. The highest BCUT2D eigenvalue weighted by molar-refractivity contribution is 5.91. The molecule has 0 radical (unpaired) electrons. The van der Waals surface area contributed by atoms with Crippen molar-refractivity contribution in [3.8, 4) is 5.75 Å². The first-order chi connectivity index (χ1) is 11.7. The van der Waals surface area contributed by atoms with Crippen LogP contribution in [0.15, 0.2) is 18.2 Å². The SMILES string of the molecule is COc1ccc2c(c1)CN(C(=O)C1CCC1)CCC1COC(=O)N21. The van der Waals surface area contributed by atoms with E-state index in [4.69, 9.17) is 9.47 Å². The minimum Gasteiger partial charge on any atom is -0.497 e. The third kappa shape index (κ3) is 2.50. The largest absolute Gasteiger partial charge is 0.497 e. The molecular weight excluding hydrogens is 308 g/mol. The van der Waals surface area contributed by atoms with E-state index in [1.165, 1.54) is 0 Å². The van der Waals surface area contributed by atoms with Crippen molar-refractivity contribution in [3.63, 3.8) is 0 Å². The summed E-state index contributed by atoms with van der Waals surface area (Å²) in [6.07, 6.45) is 3.59. The first-order valence-electron chi connectivity index (χ1n) is 8.59. The van der Waals surface area contributed by atoms with Crippen LogP contribution in [-0.2, 0) is 16.1 Å². The van der Waals surface area contributed by atoms with E-state index >= 15 is 0 Å². The maximum atomic E-state index is 12.7. The Morgan fingerprint density at radius 1 is 1.29 bits per heavy atom. The number of methoxy groups -OCH3 is 1. The molecule has 0 N–H and O–H groups in total. The average Bonchev–Trinajstić information content (AvgIpc) is 2.87. The Morgan fingerprint density at radius 2 is 2.12 bits per heavy atom. The van der Waals surface area contributed by atoms with Gasteiger partial charge in [0.25, 0.3) is 0 Å². The summed E-state index contributed by atoms with van der Waals surface area (Å²) < 4.78 is 10.6. The van der Waals surface area contributed by atoms with Gasteiger partial charge in [-0.25, -0.2) is 4.79 Å². The summed E-state index contributed by atoms with van der Waals surface area (Å²) >= 11 is 0. The van der Waals surface area contributed by atoms with E-state index in [0.717, 1.165) is 42.7 Å². The van der Waals surface area contributed by atoms with Crippen LogP contribution in [0.25, 0.3) is 0 Å². The van der Waals surface area contributed by atoms with Crippen LogP contribution in [0.2, 0.25) is 0 Å². The smallest absolute Gasteiger partial charge is 0.414 e. The molecule has 2 fully saturated rings. The van der Waals surface area contributed by atoms with Crippen molar-refractivity contribution in [2.45, 2.75) is 38.3 Å². The summed E-state index contributed by atoms with van der Waals surface area (Å²) in [5.41, 5.74) is 1.76. The maximum absolute atomic E-state index is 12.7. The van der Waals surface area contributed by atoms with Crippen molar-refractivity contribution in [2.75, 3.05) is 25.2 Å². The topological polar surface area (TPSA) is 59.1 Å². The van der Waals surface area contributed by atoms with Crippen molar-refractivity contribution < 1.29 is 19.1 Å². The summed E-state index contributed by atoms with van der Waals surface area (Å²) in [6.45, 7) is 1.55. The number of hydrogen-bond acceptors (Lipinski definition) is 4. The summed E-state index contributed by atoms with van der Waals surface area (Å²) in [5, 5.41) is 0. The van der Waals surface area contributed by atoms with Crippen molar-refractivity contribution >= 4 is 17.7 Å². The predicted octanol–water partition coefficient (Wildman–Crippen LogP) is 2.55. The van der Waals surface area contributed by atoms with Crippen LogP contribution in [0.5, 0.6) is 5.75 Å². The van der Waals surface area contributed by atoms with Gasteiger partial charge in [-0.2, -0.15) is 0 Å². The Hall–Kier alpha value is -2.24. The van der Waals surface area contributed by atoms with Crippen molar-refractivity contribution in [3.05, 3.63) is 23.8 Å². The van der Waals surface area contributed by atoms with Crippen molar-refractivity contribution in [2.24, 2.45) is 5.92 Å². The van der Waals surface area contributed by atoms with E-state index in [9.17, 15) is 9.59 Å². The number of benzene rings is 1. The Kier molecular flexibility index (Phi) is 3.82. The first-order valence-corrected chi connectivity index (χ1v) is 8.59. The number of carbonyl (C=O) groups is 2. The molecule has 0 bridgehead atoms. The van der Waals surface area contributed by atoms with Gasteiger partial charge in [0, 0.05) is 19.0 Å². The number of fused-ring (bicyclic) bond motifs is 3. The van der Waals surface area contributed by atoms with Crippen molar-refractivity contribution in [1.29, 1.82) is 0 Å². The molecule has 128 valence electrons. The lowest BCUT2D eigenvalue weighted by Crippen LogP contribution is -2.44. The molecule has 1 aromatic rings. The number of nitrogens with zero attached hydrogens (tertiary/aromatic N) is 2. The molecular formula is C18H22N2O4. The molecule has 2 heterocycles. The van der Waals surface area contributed by atoms with Gasteiger partial charge in [-0.05, 0) is 43.0 Å². The molecule has 1 aromatic carbocycles. The second-order valence-electron chi connectivity index (χ2n) is 6.77. The van der Waals surface area contributed by atoms with E-state index in [2.05, 4.69) is 0 Å². The van der Waals surface area contributed by atoms with Crippen molar-refractivity contribution in [1.82, 2.24) is 4.90 Å². The second kappa shape index (κ2) is 6.00. The number of ether oxygens (including phenoxy) is 2. The van der Waals surface area contributed by atoms with Gasteiger partial charge in [0.05, 0.1) is 18.8 Å². The Morgan fingerprint density at radius 3 is 2.83 bits per heavy atom. The molecule has 2 amide bonds. The zero-order valence-corrected chi connectivity index (χ0v) is 13.9. The molecule has 24 heavy (non-hydrogen) atoms. The van der Waals surface area contributed by atoms with E-state index in [1.807, 2.05) is 23.1 Å². The van der Waals surface area contributed by atoms with Crippen LogP contribution in [0, 0.1) is 5.92 Å². The maximum Gasteiger partial charge on any atom is 0.414 e. The fraction of sp³-hybridized carbons (Fsp3) is 0.556. The number of rotatable bonds is 2. The summed E-state index contributed by atoms with van der Waals surface area (Å²) in [7, 11) is 1.62. The molecule has 1 saturated carbocycles. The molecule has 0 spiro atoms. The average molecular weight is 330 g/mol. The van der Waals surface area contributed by atoms with Crippen LogP contribution < -0.4 is 9.64 Å². The molecule has 1 aliphatic carbocycles. The van der Waals surface area contributed by atoms with E-state index < -0.39 is 0 Å². The highest BCUT2D eigenvalue weighted by Gasteiger charge is 2.39. The normalized spacial score (nSPS) is 23.5. The highest BCUT2D eigenvalue weighted by atomic mass is 16.6. The molecule has 6 nitrogen and oxygen atoms in total. The van der Waals surface area contributed by atoms with Gasteiger partial charge in [-0.15, -0.1) is 0 Å². The standard InChI is InChI=1S/C18H22N2O4/c1-23-15-5-6-16-13(9-15)10-19(17(21)12-3-2-4-12)8-7-14-11-24-18(22)20(14)16/h5-6,9,12,14H,2-4,7-8,10-11H2,1H3. The van der Waals surface area contributed by atoms with Crippen LogP contribution >= 0.6 is 0 Å². The number of amides is 2. The lowest BCUT2D eigenvalue weighted by Gasteiger charge is -2.36. The van der Waals surface area contributed by atoms with Gasteiger partial charge in [0.1, 0.15) is 12.4 Å². The van der Waals surface area contributed by atoms with Gasteiger partial charge >= 0.3 is 6.09 Å². The molecule has 2 aliphatic heterocycles. The molecule has 1 atom stereocenters. The lowest BCUT2D eigenvalue weighted by molar-refractivity contribution is -0.139. The van der Waals surface area contributed by atoms with Gasteiger partial charge in [-0.3, -0.25) is 9.69 Å². The number of anilines is 1. The predicted molar refractivity (Wildman–Crippen MR) is 88.0 cm³/mol. The summed E-state index contributed by atoms with van der Waals surface area (Å²) in [6, 6.07) is 5.65. The first kappa shape index (κ1) is 15.3. The minimum atomic E-state index is -0.301. The van der Waals surface area contributed by atoms with Crippen LogP contribution in [-0.4, -0.2) is 43.2 Å². The Balaban J connectivity index is 1.70. The van der Waals surface area contributed by atoms with E-state index in [-0.39, 0.29) is 24.0 Å². The third-order valence-corrected chi connectivity index (χ3v) is 5.37. The number of carbonyl (C=O) groups excluding carboxylic acids is 2.